The molecule has 0 aliphatic heterocycles. The molecule has 24 heavy (non-hydrogen) atoms. The van der Waals surface area contributed by atoms with Crippen LogP contribution in [0.3, 0.4) is 0 Å². The van der Waals surface area contributed by atoms with Gasteiger partial charge < -0.3 is 10.2 Å². The quantitative estimate of drug-likeness (QED) is 0.473. The van der Waals surface area contributed by atoms with Crippen molar-refractivity contribution >= 4 is 40.3 Å². The molecule has 0 spiro atoms. The van der Waals surface area contributed by atoms with Crippen LogP contribution in [0.15, 0.2) is 42.5 Å². The zero-order valence-corrected chi connectivity index (χ0v) is 15.2. The van der Waals surface area contributed by atoms with E-state index in [0.29, 0.717) is 10.1 Å². The van der Waals surface area contributed by atoms with E-state index in [-0.39, 0.29) is 11.7 Å². The van der Waals surface area contributed by atoms with E-state index in [1.165, 1.54) is 6.07 Å². The van der Waals surface area contributed by atoms with Gasteiger partial charge in [0, 0.05) is 29.9 Å². The van der Waals surface area contributed by atoms with Crippen LogP contribution >= 0.6 is 23.8 Å². The summed E-state index contributed by atoms with van der Waals surface area (Å²) in [6, 6.07) is 12.1. The fraction of sp³-hybridized carbons (Fsp3) is 0.235. The monoisotopic (exact) mass is 363 g/mol. The van der Waals surface area contributed by atoms with Gasteiger partial charge in [-0.25, -0.2) is 0 Å². The highest BCUT2D eigenvalue weighted by atomic mass is 35.5. The second-order valence-corrected chi connectivity index (χ2v) is 6.33. The van der Waals surface area contributed by atoms with E-state index in [0.717, 1.165) is 16.8 Å². The highest BCUT2D eigenvalue weighted by Gasteiger charge is 2.17. The molecular formula is C17H18ClN3O2S. The maximum Gasteiger partial charge on any atom is 0.269 e. The standard InChI is InChI=1S/C17H18ClN3O2S/c1-11-7-8-14(10-16(11)18)19-17(24)20(3)12(2)13-5-4-6-15(9-13)21(22)23/h4-10,12H,1-3H3,(H,19,24)/t12-/m0/s1. The van der Waals surface area contributed by atoms with Crippen LogP contribution in [0.25, 0.3) is 0 Å². The molecule has 1 N–H and O–H groups in total. The first kappa shape index (κ1) is 18.2. The van der Waals surface area contributed by atoms with Gasteiger partial charge in [-0.1, -0.05) is 29.8 Å². The molecule has 0 unspecified atom stereocenters. The zero-order chi connectivity index (χ0) is 17.9. The molecule has 2 aromatic carbocycles. The summed E-state index contributed by atoms with van der Waals surface area (Å²) in [5, 5.41) is 15.2. The molecule has 7 heteroatoms. The minimum absolute atomic E-state index is 0.0666. The van der Waals surface area contributed by atoms with E-state index in [4.69, 9.17) is 23.8 Å². The smallest absolute Gasteiger partial charge is 0.269 e. The van der Waals surface area contributed by atoms with Crippen molar-refractivity contribution < 1.29 is 4.92 Å². The van der Waals surface area contributed by atoms with Gasteiger partial charge in [-0.05, 0) is 49.3 Å². The number of rotatable bonds is 4. The fourth-order valence-electron chi connectivity index (χ4n) is 2.18. The number of aryl methyl sites for hydroxylation is 1. The third-order valence-corrected chi connectivity index (χ3v) is 4.69. The van der Waals surface area contributed by atoms with Gasteiger partial charge in [0.25, 0.3) is 5.69 Å². The molecule has 2 aromatic rings. The van der Waals surface area contributed by atoms with Crippen LogP contribution in [0.5, 0.6) is 0 Å². The van der Waals surface area contributed by atoms with Gasteiger partial charge >= 0.3 is 0 Å². The van der Waals surface area contributed by atoms with Gasteiger partial charge in [0.15, 0.2) is 5.11 Å². The Labute approximate surface area is 151 Å². The highest BCUT2D eigenvalue weighted by Crippen LogP contribution is 2.25. The number of non-ortho nitro benzene ring substituents is 1. The minimum atomic E-state index is -0.402. The highest BCUT2D eigenvalue weighted by molar-refractivity contribution is 7.80. The molecule has 126 valence electrons. The molecule has 5 nitrogen and oxygen atoms in total. The average Bonchev–Trinajstić information content (AvgIpc) is 2.56. The molecule has 0 aromatic heterocycles. The van der Waals surface area contributed by atoms with E-state index in [1.54, 1.807) is 12.1 Å². The first-order valence-electron chi connectivity index (χ1n) is 7.34. The van der Waals surface area contributed by atoms with Crippen LogP contribution in [0.4, 0.5) is 11.4 Å². The molecular weight excluding hydrogens is 346 g/mol. The predicted molar refractivity (Wildman–Crippen MR) is 102 cm³/mol. The molecule has 2 rings (SSSR count). The molecule has 0 radical (unpaired) electrons. The van der Waals surface area contributed by atoms with E-state index in [1.807, 2.05) is 50.1 Å². The molecule has 0 fully saturated rings. The van der Waals surface area contributed by atoms with Gasteiger partial charge in [-0.2, -0.15) is 0 Å². The number of thiocarbonyl (C=S) groups is 1. The summed E-state index contributed by atoms with van der Waals surface area (Å²) in [4.78, 5) is 12.4. The first-order valence-corrected chi connectivity index (χ1v) is 8.12. The third kappa shape index (κ3) is 4.21. The molecule has 0 aliphatic rings. The third-order valence-electron chi connectivity index (χ3n) is 3.89. The summed E-state index contributed by atoms with van der Waals surface area (Å²) in [5.74, 6) is 0. The van der Waals surface area contributed by atoms with Crippen molar-refractivity contribution in [3.63, 3.8) is 0 Å². The Bertz CT molecular complexity index is 782. The van der Waals surface area contributed by atoms with Gasteiger partial charge in [-0.3, -0.25) is 10.1 Å². The normalized spacial score (nSPS) is 11.7. The van der Waals surface area contributed by atoms with Crippen LogP contribution in [0, 0.1) is 17.0 Å². The van der Waals surface area contributed by atoms with Crippen LogP contribution in [-0.4, -0.2) is 22.0 Å². The molecule has 0 bridgehead atoms. The van der Waals surface area contributed by atoms with Crippen molar-refractivity contribution in [3.05, 3.63) is 68.7 Å². The maximum absolute atomic E-state index is 10.9. The van der Waals surface area contributed by atoms with Crippen molar-refractivity contribution in [2.24, 2.45) is 0 Å². The van der Waals surface area contributed by atoms with E-state index < -0.39 is 4.92 Å². The van der Waals surface area contributed by atoms with Crippen molar-refractivity contribution in [1.82, 2.24) is 4.90 Å². The van der Waals surface area contributed by atoms with Crippen LogP contribution in [0.2, 0.25) is 5.02 Å². The Morgan fingerprint density at radius 3 is 2.67 bits per heavy atom. The SMILES string of the molecule is Cc1ccc(NC(=S)N(C)[C@@H](C)c2cccc([N+](=O)[O-])c2)cc1Cl. The van der Waals surface area contributed by atoms with Crippen molar-refractivity contribution in [2.45, 2.75) is 19.9 Å². The summed E-state index contributed by atoms with van der Waals surface area (Å²) in [6.07, 6.45) is 0. The number of nitro benzene ring substituents is 1. The van der Waals surface area contributed by atoms with Crippen molar-refractivity contribution in [2.75, 3.05) is 12.4 Å². The number of hydrogen-bond acceptors (Lipinski definition) is 3. The predicted octanol–water partition coefficient (Wildman–Crippen LogP) is 4.95. The number of halogens is 1. The van der Waals surface area contributed by atoms with Crippen LogP contribution < -0.4 is 5.32 Å². The average molecular weight is 364 g/mol. The van der Waals surface area contributed by atoms with Gasteiger partial charge in [0.1, 0.15) is 0 Å². The van der Waals surface area contributed by atoms with Gasteiger partial charge in [0.2, 0.25) is 0 Å². The van der Waals surface area contributed by atoms with E-state index >= 15 is 0 Å². The Morgan fingerprint density at radius 2 is 2.04 bits per heavy atom. The lowest BCUT2D eigenvalue weighted by Gasteiger charge is -2.28. The second kappa shape index (κ2) is 7.59. The maximum atomic E-state index is 10.9. The number of nitrogens with one attached hydrogen (secondary N) is 1. The Balaban J connectivity index is 2.13. The van der Waals surface area contributed by atoms with Gasteiger partial charge in [0.05, 0.1) is 11.0 Å². The number of benzene rings is 2. The Hall–Kier alpha value is -2.18. The topological polar surface area (TPSA) is 58.4 Å². The second-order valence-electron chi connectivity index (χ2n) is 5.53. The molecule has 0 saturated carbocycles. The van der Waals surface area contributed by atoms with Crippen LogP contribution in [-0.2, 0) is 0 Å². The number of anilines is 1. The number of hydrogen-bond donors (Lipinski definition) is 1. The summed E-state index contributed by atoms with van der Waals surface area (Å²) in [5.41, 5.74) is 2.68. The lowest BCUT2D eigenvalue weighted by atomic mass is 10.1. The number of nitro groups is 1. The largest absolute Gasteiger partial charge is 0.345 e. The Morgan fingerprint density at radius 1 is 1.33 bits per heavy atom. The Kier molecular flexibility index (Phi) is 5.75. The first-order chi connectivity index (χ1) is 11.3. The van der Waals surface area contributed by atoms with E-state index in [9.17, 15) is 10.1 Å². The molecule has 1 atom stereocenters. The summed E-state index contributed by atoms with van der Waals surface area (Å²) in [7, 11) is 1.84. The zero-order valence-electron chi connectivity index (χ0n) is 13.6. The van der Waals surface area contributed by atoms with Crippen molar-refractivity contribution in [3.8, 4) is 0 Å². The number of nitrogens with zero attached hydrogens (tertiary/aromatic N) is 2. The van der Waals surface area contributed by atoms with Crippen molar-refractivity contribution in [1.29, 1.82) is 0 Å². The summed E-state index contributed by atoms with van der Waals surface area (Å²) >= 11 is 11.6. The molecule has 0 aliphatic carbocycles. The molecule has 0 amide bonds. The van der Waals surface area contributed by atoms with Crippen LogP contribution in [0.1, 0.15) is 24.1 Å². The summed E-state index contributed by atoms with van der Waals surface area (Å²) in [6.45, 7) is 3.87. The lowest BCUT2D eigenvalue weighted by Crippen LogP contribution is -2.33. The van der Waals surface area contributed by atoms with Gasteiger partial charge in [-0.15, -0.1) is 0 Å². The minimum Gasteiger partial charge on any atom is -0.345 e. The van der Waals surface area contributed by atoms with E-state index in [2.05, 4.69) is 5.32 Å². The fourth-order valence-corrected chi connectivity index (χ4v) is 2.64. The molecule has 0 saturated heterocycles. The molecule has 0 heterocycles. The lowest BCUT2D eigenvalue weighted by molar-refractivity contribution is -0.384. The summed E-state index contributed by atoms with van der Waals surface area (Å²) < 4.78 is 0.